The number of hydrogen-bond acceptors (Lipinski definition) is 3. The molecule has 0 aliphatic rings. The molecule has 1 aromatic carbocycles. The molecule has 0 fully saturated rings. The van der Waals surface area contributed by atoms with Crippen molar-refractivity contribution in [3.63, 3.8) is 0 Å². The summed E-state index contributed by atoms with van der Waals surface area (Å²) in [4.78, 5) is 3.67. The van der Waals surface area contributed by atoms with Crippen molar-refractivity contribution in [2.45, 2.75) is 0 Å². The van der Waals surface area contributed by atoms with Crippen molar-refractivity contribution in [3.05, 3.63) is 34.3 Å². The number of nitrogens with zero attached hydrogens (tertiary/aromatic N) is 2. The lowest BCUT2D eigenvalue weighted by atomic mass is 10.2. The van der Waals surface area contributed by atoms with Crippen LogP contribution in [0.2, 0.25) is 10.3 Å². The lowest BCUT2D eigenvalue weighted by Gasteiger charge is -1.96. The third-order valence-electron chi connectivity index (χ3n) is 1.56. The Hall–Kier alpha value is -1.13. The van der Waals surface area contributed by atoms with Gasteiger partial charge in [0, 0.05) is 5.02 Å². The van der Waals surface area contributed by atoms with Crippen LogP contribution in [-0.4, -0.2) is 10.1 Å². The second kappa shape index (κ2) is 3.55. The van der Waals surface area contributed by atoms with Crippen molar-refractivity contribution >= 4 is 23.2 Å². The van der Waals surface area contributed by atoms with E-state index in [0.29, 0.717) is 5.02 Å². The summed E-state index contributed by atoms with van der Waals surface area (Å²) in [5.41, 5.74) is 0.136. The Balaban J connectivity index is 2.55. The summed E-state index contributed by atoms with van der Waals surface area (Å²) in [6, 6.07) is 4.04. The van der Waals surface area contributed by atoms with Crippen LogP contribution in [0.25, 0.3) is 11.5 Å². The molecule has 0 atom stereocenters. The van der Waals surface area contributed by atoms with Gasteiger partial charge >= 0.3 is 0 Å². The Morgan fingerprint density at radius 1 is 1.29 bits per heavy atom. The van der Waals surface area contributed by atoms with Crippen LogP contribution in [0, 0.1) is 5.82 Å². The van der Waals surface area contributed by atoms with E-state index in [1.54, 1.807) is 0 Å². The van der Waals surface area contributed by atoms with Crippen LogP contribution in [0.5, 0.6) is 0 Å². The molecule has 0 amide bonds. The monoisotopic (exact) mass is 232 g/mol. The molecule has 0 spiro atoms. The topological polar surface area (TPSA) is 38.9 Å². The van der Waals surface area contributed by atoms with E-state index in [0.717, 1.165) is 0 Å². The van der Waals surface area contributed by atoms with Gasteiger partial charge in [-0.05, 0) is 35.0 Å². The van der Waals surface area contributed by atoms with Crippen LogP contribution in [0.15, 0.2) is 22.7 Å². The molecule has 0 saturated carbocycles. The zero-order chi connectivity index (χ0) is 10.1. The Kier molecular flexibility index (Phi) is 2.39. The Morgan fingerprint density at radius 2 is 2.07 bits per heavy atom. The maximum Gasteiger partial charge on any atom is 0.264 e. The summed E-state index contributed by atoms with van der Waals surface area (Å²) in [7, 11) is 0. The fourth-order valence-electron chi connectivity index (χ4n) is 0.976. The zero-order valence-corrected chi connectivity index (χ0v) is 8.18. The fraction of sp³-hybridized carbons (Fsp3) is 0. The van der Waals surface area contributed by atoms with Gasteiger partial charge in [0.15, 0.2) is 0 Å². The number of hydrogen-bond donors (Lipinski definition) is 0. The maximum absolute atomic E-state index is 13.2. The van der Waals surface area contributed by atoms with Gasteiger partial charge < -0.3 is 4.52 Å². The minimum absolute atomic E-state index is 0.00926. The summed E-state index contributed by atoms with van der Waals surface area (Å²) >= 11 is 11.1. The van der Waals surface area contributed by atoms with Crippen molar-refractivity contribution < 1.29 is 8.91 Å². The number of rotatable bonds is 1. The van der Waals surface area contributed by atoms with Crippen LogP contribution in [-0.2, 0) is 0 Å². The second-order valence-corrected chi connectivity index (χ2v) is 3.27. The molecular formula is C8H3Cl2FN2O. The SMILES string of the molecule is Fc1ccc(Cl)cc1-c1nc(Cl)no1. The quantitative estimate of drug-likeness (QED) is 0.759. The molecule has 0 unspecified atom stereocenters. The largest absolute Gasteiger partial charge is 0.333 e. The third kappa shape index (κ3) is 1.71. The number of aromatic nitrogens is 2. The van der Waals surface area contributed by atoms with Gasteiger partial charge in [-0.15, -0.1) is 0 Å². The lowest BCUT2D eigenvalue weighted by Crippen LogP contribution is -1.83. The summed E-state index contributed by atoms with van der Waals surface area (Å²) < 4.78 is 17.9. The van der Waals surface area contributed by atoms with Gasteiger partial charge in [-0.3, -0.25) is 0 Å². The van der Waals surface area contributed by atoms with E-state index in [9.17, 15) is 4.39 Å². The Bertz CT molecular complexity index is 472. The van der Waals surface area contributed by atoms with Crippen LogP contribution in [0.3, 0.4) is 0 Å². The average Bonchev–Trinajstić information content (AvgIpc) is 2.56. The molecule has 0 radical (unpaired) electrons. The standard InChI is InChI=1S/C8H3Cl2FN2O/c9-4-1-2-6(11)5(3-4)7-12-8(10)13-14-7/h1-3H. The molecule has 0 aliphatic heterocycles. The molecule has 1 heterocycles. The number of halogens is 3. The molecule has 2 aromatic rings. The second-order valence-electron chi connectivity index (χ2n) is 2.49. The first-order chi connectivity index (χ1) is 6.66. The van der Waals surface area contributed by atoms with Crippen molar-refractivity contribution in [3.8, 4) is 11.5 Å². The van der Waals surface area contributed by atoms with Gasteiger partial charge in [-0.2, -0.15) is 4.98 Å². The first-order valence-corrected chi connectivity index (χ1v) is 4.37. The van der Waals surface area contributed by atoms with Crippen LogP contribution in [0.1, 0.15) is 0 Å². The van der Waals surface area contributed by atoms with E-state index < -0.39 is 5.82 Å². The highest BCUT2D eigenvalue weighted by Crippen LogP contribution is 2.25. The van der Waals surface area contributed by atoms with E-state index in [-0.39, 0.29) is 16.7 Å². The molecule has 0 aliphatic carbocycles. The molecule has 0 saturated heterocycles. The number of benzene rings is 1. The summed E-state index contributed by atoms with van der Waals surface area (Å²) in [6.07, 6.45) is 0. The molecule has 1 aromatic heterocycles. The molecular weight excluding hydrogens is 230 g/mol. The Labute approximate surface area is 88.4 Å². The van der Waals surface area contributed by atoms with E-state index in [4.69, 9.17) is 27.7 Å². The zero-order valence-electron chi connectivity index (χ0n) is 6.67. The van der Waals surface area contributed by atoms with Crippen molar-refractivity contribution in [1.82, 2.24) is 10.1 Å². The minimum atomic E-state index is -0.491. The average molecular weight is 233 g/mol. The van der Waals surface area contributed by atoms with Gasteiger partial charge in [0.2, 0.25) is 0 Å². The first-order valence-electron chi connectivity index (χ1n) is 3.61. The molecule has 72 valence electrons. The van der Waals surface area contributed by atoms with E-state index >= 15 is 0 Å². The minimum Gasteiger partial charge on any atom is -0.333 e. The maximum atomic E-state index is 13.2. The summed E-state index contributed by atoms with van der Waals surface area (Å²) in [6.45, 7) is 0. The van der Waals surface area contributed by atoms with E-state index in [1.165, 1.54) is 18.2 Å². The van der Waals surface area contributed by atoms with Crippen molar-refractivity contribution in [2.75, 3.05) is 0 Å². The molecule has 6 heteroatoms. The highest BCUT2D eigenvalue weighted by molar-refractivity contribution is 6.30. The predicted octanol–water partition coefficient (Wildman–Crippen LogP) is 3.18. The van der Waals surface area contributed by atoms with Gasteiger partial charge in [0.05, 0.1) is 5.56 Å². The van der Waals surface area contributed by atoms with Crippen molar-refractivity contribution in [2.24, 2.45) is 0 Å². The highest BCUT2D eigenvalue weighted by Gasteiger charge is 2.12. The first kappa shape index (κ1) is 9.43. The van der Waals surface area contributed by atoms with E-state index in [1.807, 2.05) is 0 Å². The molecule has 0 bridgehead atoms. The lowest BCUT2D eigenvalue weighted by molar-refractivity contribution is 0.428. The fourth-order valence-corrected chi connectivity index (χ4v) is 1.26. The van der Waals surface area contributed by atoms with Crippen LogP contribution < -0.4 is 0 Å². The Morgan fingerprint density at radius 3 is 2.71 bits per heavy atom. The smallest absolute Gasteiger partial charge is 0.264 e. The van der Waals surface area contributed by atoms with Gasteiger partial charge in [-0.25, -0.2) is 4.39 Å². The van der Waals surface area contributed by atoms with Crippen LogP contribution >= 0.6 is 23.2 Å². The molecule has 2 rings (SSSR count). The summed E-state index contributed by atoms with van der Waals surface area (Å²) in [5, 5.41) is 3.65. The third-order valence-corrected chi connectivity index (χ3v) is 1.95. The van der Waals surface area contributed by atoms with Gasteiger partial charge in [0.25, 0.3) is 11.2 Å². The van der Waals surface area contributed by atoms with Crippen molar-refractivity contribution in [1.29, 1.82) is 0 Å². The molecule has 0 N–H and O–H groups in total. The summed E-state index contributed by atoms with van der Waals surface area (Å²) in [5.74, 6) is -0.482. The highest BCUT2D eigenvalue weighted by atomic mass is 35.5. The van der Waals surface area contributed by atoms with Crippen LogP contribution in [0.4, 0.5) is 4.39 Å². The molecule has 3 nitrogen and oxygen atoms in total. The predicted molar refractivity (Wildman–Crippen MR) is 49.7 cm³/mol. The molecule has 14 heavy (non-hydrogen) atoms. The normalized spacial score (nSPS) is 10.5. The van der Waals surface area contributed by atoms with E-state index in [2.05, 4.69) is 10.1 Å². The van der Waals surface area contributed by atoms with Gasteiger partial charge in [0.1, 0.15) is 5.82 Å². The van der Waals surface area contributed by atoms with Gasteiger partial charge in [-0.1, -0.05) is 11.6 Å².